The van der Waals surface area contributed by atoms with E-state index in [9.17, 15) is 32.9 Å². The summed E-state index contributed by atoms with van der Waals surface area (Å²) in [6.45, 7) is 1.80. The normalized spacial score (nSPS) is 15.0. The Morgan fingerprint density at radius 3 is 2.41 bits per heavy atom. The molecule has 1 aliphatic heterocycles. The number of urea groups is 1. The van der Waals surface area contributed by atoms with Crippen molar-refractivity contribution in [1.29, 1.82) is 0 Å². The molecule has 0 radical (unpaired) electrons. The van der Waals surface area contributed by atoms with Crippen molar-refractivity contribution >= 4 is 61.3 Å². The number of amides is 4. The van der Waals surface area contributed by atoms with Crippen molar-refractivity contribution < 1.29 is 31.9 Å². The number of imide groups is 2. The monoisotopic (exact) mass is 585 g/mol. The lowest BCUT2D eigenvalue weighted by atomic mass is 10.1. The van der Waals surface area contributed by atoms with E-state index in [0.717, 1.165) is 17.7 Å². The number of nitrogens with zero attached hydrogens (tertiary/aromatic N) is 2. The molecule has 3 aromatic carbocycles. The first-order chi connectivity index (χ1) is 17.5. The molecule has 0 spiro atoms. The Kier molecular flexibility index (Phi) is 6.92. The van der Waals surface area contributed by atoms with E-state index < -0.39 is 38.5 Å². The lowest BCUT2D eigenvalue weighted by Crippen LogP contribution is -2.54. The van der Waals surface area contributed by atoms with Gasteiger partial charge < -0.3 is 4.18 Å². The van der Waals surface area contributed by atoms with Crippen LogP contribution in [0.3, 0.4) is 0 Å². The van der Waals surface area contributed by atoms with Gasteiger partial charge in [-0.2, -0.15) is 8.42 Å². The molecule has 1 saturated heterocycles. The summed E-state index contributed by atoms with van der Waals surface area (Å²) >= 11 is 3.26. The van der Waals surface area contributed by atoms with Gasteiger partial charge in [0.15, 0.2) is 0 Å². The minimum atomic E-state index is -4.27. The maximum atomic E-state index is 13.2. The Morgan fingerprint density at radius 2 is 1.73 bits per heavy atom. The lowest BCUT2D eigenvalue weighted by Gasteiger charge is -2.26. The number of anilines is 1. The zero-order chi connectivity index (χ0) is 26.9. The summed E-state index contributed by atoms with van der Waals surface area (Å²) in [5.74, 6) is -2.29. The van der Waals surface area contributed by atoms with E-state index in [4.69, 9.17) is 4.18 Å². The maximum absolute atomic E-state index is 13.2. The van der Waals surface area contributed by atoms with Gasteiger partial charge >= 0.3 is 16.1 Å². The first-order valence-corrected chi connectivity index (χ1v) is 12.6. The maximum Gasteiger partial charge on any atom is 0.339 e. The van der Waals surface area contributed by atoms with Crippen LogP contribution in [0.2, 0.25) is 0 Å². The van der Waals surface area contributed by atoms with E-state index in [1.807, 2.05) is 5.32 Å². The molecule has 188 valence electrons. The zero-order valence-electron chi connectivity index (χ0n) is 18.9. The number of hydrogen-bond acceptors (Lipinski definition) is 8. The van der Waals surface area contributed by atoms with Gasteiger partial charge in [-0.05, 0) is 49.4 Å². The fourth-order valence-electron chi connectivity index (χ4n) is 3.37. The number of carbonyl (C=O) groups is 3. The van der Waals surface area contributed by atoms with E-state index in [1.165, 1.54) is 48.5 Å². The van der Waals surface area contributed by atoms with Crippen LogP contribution in [-0.4, -0.2) is 31.2 Å². The highest BCUT2D eigenvalue weighted by Gasteiger charge is 2.37. The molecule has 1 heterocycles. The minimum absolute atomic E-state index is 0.0388. The van der Waals surface area contributed by atoms with Crippen molar-refractivity contribution in [3.05, 3.63) is 98.0 Å². The fraction of sp³-hybridized carbons (Fsp3) is 0.0417. The van der Waals surface area contributed by atoms with Gasteiger partial charge in [-0.15, -0.1) is 0 Å². The quantitative estimate of drug-likeness (QED) is 0.149. The zero-order valence-corrected chi connectivity index (χ0v) is 21.3. The van der Waals surface area contributed by atoms with Crippen LogP contribution in [0, 0.1) is 17.0 Å². The fourth-order valence-corrected chi connectivity index (χ4v) is 4.70. The first-order valence-electron chi connectivity index (χ1n) is 10.4. The molecular weight excluding hydrogens is 570 g/mol. The minimum Gasteiger partial charge on any atom is -0.378 e. The van der Waals surface area contributed by atoms with E-state index in [0.29, 0.717) is 9.37 Å². The summed E-state index contributed by atoms with van der Waals surface area (Å²) in [6.07, 6.45) is 1.07. The topological polar surface area (TPSA) is 153 Å². The third-order valence-electron chi connectivity index (χ3n) is 5.18. The number of benzene rings is 3. The third kappa shape index (κ3) is 5.42. The summed E-state index contributed by atoms with van der Waals surface area (Å²) in [6, 6.07) is 13.9. The molecule has 0 bridgehead atoms. The van der Waals surface area contributed by atoms with Gasteiger partial charge in [-0.1, -0.05) is 39.7 Å². The average Bonchev–Trinajstić information content (AvgIpc) is 2.83. The predicted molar refractivity (Wildman–Crippen MR) is 135 cm³/mol. The SMILES string of the molecule is Cc1ccc(S(=O)(=O)Oc2ccc(Br)cc2/C=C2\C(=O)NC(=O)N(c3cccc([N+](=O)[O-])c3)C2=O)cc1. The van der Waals surface area contributed by atoms with Crippen molar-refractivity contribution in [1.82, 2.24) is 5.32 Å². The number of barbiturate groups is 1. The van der Waals surface area contributed by atoms with Gasteiger partial charge in [-0.3, -0.25) is 25.0 Å². The molecule has 0 aliphatic carbocycles. The van der Waals surface area contributed by atoms with Gasteiger partial charge in [0.25, 0.3) is 17.5 Å². The van der Waals surface area contributed by atoms with Gasteiger partial charge in [0, 0.05) is 22.2 Å². The highest BCUT2D eigenvalue weighted by Crippen LogP contribution is 2.31. The van der Waals surface area contributed by atoms with Crippen LogP contribution in [0.1, 0.15) is 11.1 Å². The molecule has 1 aliphatic rings. The summed E-state index contributed by atoms with van der Waals surface area (Å²) < 4.78 is 31.4. The van der Waals surface area contributed by atoms with Crippen LogP contribution >= 0.6 is 15.9 Å². The first kappa shape index (κ1) is 25.7. The molecule has 3 aromatic rings. The van der Waals surface area contributed by atoms with Crippen LogP contribution in [0.15, 0.2) is 81.7 Å². The van der Waals surface area contributed by atoms with E-state index in [-0.39, 0.29) is 27.6 Å². The van der Waals surface area contributed by atoms with Crippen molar-refractivity contribution in [2.75, 3.05) is 4.90 Å². The average molecular weight is 586 g/mol. The summed E-state index contributed by atoms with van der Waals surface area (Å²) in [5, 5.41) is 13.1. The van der Waals surface area contributed by atoms with E-state index >= 15 is 0 Å². The molecule has 13 heteroatoms. The molecule has 0 unspecified atom stereocenters. The van der Waals surface area contributed by atoms with Gasteiger partial charge in [-0.25, -0.2) is 9.69 Å². The smallest absolute Gasteiger partial charge is 0.339 e. The third-order valence-corrected chi connectivity index (χ3v) is 6.92. The Morgan fingerprint density at radius 1 is 1.03 bits per heavy atom. The highest BCUT2D eigenvalue weighted by molar-refractivity contribution is 9.10. The molecule has 4 rings (SSSR count). The second-order valence-electron chi connectivity index (χ2n) is 7.77. The molecule has 4 amide bonds. The summed E-state index contributed by atoms with van der Waals surface area (Å²) in [4.78, 5) is 49.1. The molecule has 0 saturated carbocycles. The number of carbonyl (C=O) groups excluding carboxylic acids is 3. The molecule has 11 nitrogen and oxygen atoms in total. The number of rotatable bonds is 6. The van der Waals surface area contributed by atoms with Crippen LogP contribution in [0.5, 0.6) is 5.75 Å². The van der Waals surface area contributed by atoms with Crippen LogP contribution in [-0.2, 0) is 19.7 Å². The predicted octanol–water partition coefficient (Wildman–Crippen LogP) is 4.10. The van der Waals surface area contributed by atoms with Gasteiger partial charge in [0.2, 0.25) is 0 Å². The number of nitro benzene ring substituents is 1. The Hall–Kier alpha value is -4.36. The van der Waals surface area contributed by atoms with Crippen LogP contribution < -0.4 is 14.4 Å². The number of nitrogens with one attached hydrogen (secondary N) is 1. The summed E-state index contributed by atoms with van der Waals surface area (Å²) in [5.41, 5.74) is -0.149. The van der Waals surface area contributed by atoms with Gasteiger partial charge in [0.05, 0.1) is 10.6 Å². The number of nitro groups is 1. The standard InChI is InChI=1S/C24H16BrN3O8S/c1-14-5-8-19(9-6-14)37(34,35)36-21-10-7-16(25)11-15(21)12-20-22(29)26-24(31)27(23(20)30)17-3-2-4-18(13-17)28(32)33/h2-13H,1H3,(H,26,29,31)/b20-12+. The van der Waals surface area contributed by atoms with Crippen LogP contribution in [0.4, 0.5) is 16.2 Å². The Bertz CT molecular complexity index is 1600. The number of aryl methyl sites for hydroxylation is 1. The summed E-state index contributed by atoms with van der Waals surface area (Å²) in [7, 11) is -4.27. The molecule has 37 heavy (non-hydrogen) atoms. The van der Waals surface area contributed by atoms with Crippen molar-refractivity contribution in [3.8, 4) is 5.75 Å². The number of hydrogen-bond donors (Lipinski definition) is 1. The Labute approximate surface area is 218 Å². The largest absolute Gasteiger partial charge is 0.378 e. The van der Waals surface area contributed by atoms with Gasteiger partial charge in [0.1, 0.15) is 16.2 Å². The van der Waals surface area contributed by atoms with Crippen molar-refractivity contribution in [2.45, 2.75) is 11.8 Å². The molecule has 0 atom stereocenters. The number of non-ortho nitro benzene ring substituents is 1. The molecule has 1 fully saturated rings. The highest BCUT2D eigenvalue weighted by atomic mass is 79.9. The second-order valence-corrected chi connectivity index (χ2v) is 10.2. The van der Waals surface area contributed by atoms with E-state index in [1.54, 1.807) is 19.1 Å². The van der Waals surface area contributed by atoms with Crippen molar-refractivity contribution in [3.63, 3.8) is 0 Å². The molecule has 0 aromatic heterocycles. The lowest BCUT2D eigenvalue weighted by molar-refractivity contribution is -0.384. The van der Waals surface area contributed by atoms with Crippen LogP contribution in [0.25, 0.3) is 6.08 Å². The van der Waals surface area contributed by atoms with Crippen molar-refractivity contribution in [2.24, 2.45) is 0 Å². The van der Waals surface area contributed by atoms with E-state index in [2.05, 4.69) is 15.9 Å². The Balaban J connectivity index is 1.75. The molecule has 1 N–H and O–H groups in total. The number of halogens is 1. The molecular formula is C24H16BrN3O8S. The second kappa shape index (κ2) is 9.95.